The Bertz CT molecular complexity index is 587. The quantitative estimate of drug-likeness (QED) is 0.910. The Balaban J connectivity index is 2.37. The van der Waals surface area contributed by atoms with E-state index in [4.69, 9.17) is 5.73 Å². The number of thiazole rings is 1. The molecule has 1 aromatic heterocycles. The number of benzene rings is 1. The molecule has 5 heteroatoms. The van der Waals surface area contributed by atoms with Crippen LogP contribution in [-0.2, 0) is 5.41 Å². The number of rotatable bonds is 2. The summed E-state index contributed by atoms with van der Waals surface area (Å²) in [5.41, 5.74) is 6.93. The van der Waals surface area contributed by atoms with Crippen molar-refractivity contribution in [2.75, 3.05) is 0 Å². The first-order valence-electron chi connectivity index (χ1n) is 5.96. The van der Waals surface area contributed by atoms with Crippen molar-refractivity contribution in [3.05, 3.63) is 51.5 Å². The molecule has 1 aromatic carbocycles. The molecule has 0 amide bonds. The molecule has 19 heavy (non-hydrogen) atoms. The maximum absolute atomic E-state index is 13.7. The van der Waals surface area contributed by atoms with E-state index in [0.29, 0.717) is 5.01 Å². The number of halogens is 2. The van der Waals surface area contributed by atoms with Crippen LogP contribution in [0.25, 0.3) is 0 Å². The molecule has 0 aliphatic carbocycles. The molecule has 2 N–H and O–H groups in total. The van der Waals surface area contributed by atoms with E-state index in [9.17, 15) is 8.78 Å². The van der Waals surface area contributed by atoms with E-state index in [0.717, 1.165) is 11.8 Å². The SMILES string of the molecule is CC(C)(C)c1csc(C(N)c2cccc(F)c2F)n1. The minimum absolute atomic E-state index is 0.0883. The van der Waals surface area contributed by atoms with E-state index in [1.54, 1.807) is 0 Å². The summed E-state index contributed by atoms with van der Waals surface area (Å²) in [5.74, 6) is -1.79. The van der Waals surface area contributed by atoms with Gasteiger partial charge in [0.15, 0.2) is 11.6 Å². The minimum Gasteiger partial charge on any atom is -0.318 e. The molecular formula is C14H16F2N2S. The van der Waals surface area contributed by atoms with Gasteiger partial charge in [-0.2, -0.15) is 0 Å². The van der Waals surface area contributed by atoms with Crippen LogP contribution >= 0.6 is 11.3 Å². The van der Waals surface area contributed by atoms with Gasteiger partial charge in [0.1, 0.15) is 5.01 Å². The monoisotopic (exact) mass is 282 g/mol. The Hall–Kier alpha value is -1.33. The molecule has 2 nitrogen and oxygen atoms in total. The molecule has 1 unspecified atom stereocenters. The highest BCUT2D eigenvalue weighted by Gasteiger charge is 2.22. The summed E-state index contributed by atoms with van der Waals surface area (Å²) < 4.78 is 26.9. The summed E-state index contributed by atoms with van der Waals surface area (Å²) in [6.07, 6.45) is 0. The fourth-order valence-electron chi connectivity index (χ4n) is 1.67. The first-order valence-corrected chi connectivity index (χ1v) is 6.84. The van der Waals surface area contributed by atoms with E-state index >= 15 is 0 Å². The second-order valence-corrected chi connectivity index (χ2v) is 6.33. The molecule has 2 aromatic rings. The van der Waals surface area contributed by atoms with Crippen molar-refractivity contribution in [3.63, 3.8) is 0 Å². The highest BCUT2D eigenvalue weighted by Crippen LogP contribution is 2.30. The summed E-state index contributed by atoms with van der Waals surface area (Å²) in [6.45, 7) is 6.13. The third-order valence-corrected chi connectivity index (χ3v) is 3.80. The Morgan fingerprint density at radius 2 is 1.95 bits per heavy atom. The van der Waals surface area contributed by atoms with E-state index in [1.165, 1.54) is 23.5 Å². The lowest BCUT2D eigenvalue weighted by Crippen LogP contribution is -2.16. The van der Waals surface area contributed by atoms with Crippen molar-refractivity contribution in [2.24, 2.45) is 5.73 Å². The van der Waals surface area contributed by atoms with Gasteiger partial charge in [-0.05, 0) is 6.07 Å². The average molecular weight is 282 g/mol. The van der Waals surface area contributed by atoms with Gasteiger partial charge < -0.3 is 5.73 Å². The second kappa shape index (κ2) is 4.98. The summed E-state index contributed by atoms with van der Waals surface area (Å²) in [6, 6.07) is 3.28. The van der Waals surface area contributed by atoms with E-state index in [1.807, 2.05) is 26.2 Å². The standard InChI is InChI=1S/C14H16F2N2S/c1-14(2,3)10-7-19-13(18-10)12(17)8-5-4-6-9(15)11(8)16/h4-7,12H,17H2,1-3H3. The molecular weight excluding hydrogens is 266 g/mol. The zero-order chi connectivity index (χ0) is 14.2. The Kier molecular flexibility index (Phi) is 3.69. The van der Waals surface area contributed by atoms with Crippen LogP contribution in [0.2, 0.25) is 0 Å². The molecule has 0 aliphatic rings. The fourth-order valence-corrected chi connectivity index (χ4v) is 2.73. The van der Waals surface area contributed by atoms with Crippen LogP contribution in [0.4, 0.5) is 8.78 Å². The van der Waals surface area contributed by atoms with E-state index in [2.05, 4.69) is 4.98 Å². The van der Waals surface area contributed by atoms with E-state index < -0.39 is 17.7 Å². The van der Waals surface area contributed by atoms with Gasteiger partial charge in [-0.25, -0.2) is 13.8 Å². The zero-order valence-corrected chi connectivity index (χ0v) is 11.9. The third kappa shape index (κ3) is 2.82. The maximum atomic E-state index is 13.7. The summed E-state index contributed by atoms with van der Waals surface area (Å²) >= 11 is 1.37. The average Bonchev–Trinajstić information content (AvgIpc) is 2.81. The van der Waals surface area contributed by atoms with Crippen molar-refractivity contribution < 1.29 is 8.78 Å². The molecule has 0 saturated heterocycles. The van der Waals surface area contributed by atoms with Gasteiger partial charge in [0.05, 0.1) is 11.7 Å². The largest absolute Gasteiger partial charge is 0.318 e. The molecule has 1 atom stereocenters. The molecule has 2 rings (SSSR count). The summed E-state index contributed by atoms with van der Waals surface area (Å²) in [5, 5.41) is 2.50. The van der Waals surface area contributed by atoms with Crippen LogP contribution in [0.15, 0.2) is 23.6 Å². The maximum Gasteiger partial charge on any atom is 0.164 e. The van der Waals surface area contributed by atoms with Crippen LogP contribution in [-0.4, -0.2) is 4.98 Å². The summed E-state index contributed by atoms with van der Waals surface area (Å²) in [4.78, 5) is 4.43. The Morgan fingerprint density at radius 1 is 1.26 bits per heavy atom. The van der Waals surface area contributed by atoms with Crippen molar-refractivity contribution in [3.8, 4) is 0 Å². The van der Waals surface area contributed by atoms with Crippen LogP contribution in [0.5, 0.6) is 0 Å². The highest BCUT2D eigenvalue weighted by molar-refractivity contribution is 7.09. The van der Waals surface area contributed by atoms with Crippen LogP contribution in [0, 0.1) is 11.6 Å². The fraction of sp³-hybridized carbons (Fsp3) is 0.357. The first kappa shape index (κ1) is 14.1. The first-order chi connectivity index (χ1) is 8.80. The normalized spacial score (nSPS) is 13.6. The van der Waals surface area contributed by atoms with Crippen LogP contribution < -0.4 is 5.73 Å². The molecule has 0 fully saturated rings. The molecule has 1 heterocycles. The van der Waals surface area contributed by atoms with Gasteiger partial charge in [0, 0.05) is 16.4 Å². The molecule has 0 bridgehead atoms. The Labute approximate surface area is 115 Å². The minimum atomic E-state index is -0.900. The predicted octanol–water partition coefficient (Wildman–Crippen LogP) is 3.77. The zero-order valence-electron chi connectivity index (χ0n) is 11.1. The lowest BCUT2D eigenvalue weighted by atomic mass is 9.93. The number of nitrogens with zero attached hydrogens (tertiary/aromatic N) is 1. The van der Waals surface area contributed by atoms with E-state index in [-0.39, 0.29) is 11.0 Å². The molecule has 0 radical (unpaired) electrons. The van der Waals surface area contributed by atoms with Gasteiger partial charge >= 0.3 is 0 Å². The second-order valence-electron chi connectivity index (χ2n) is 5.44. The number of hydrogen-bond acceptors (Lipinski definition) is 3. The van der Waals surface area contributed by atoms with Gasteiger partial charge in [-0.1, -0.05) is 32.9 Å². The topological polar surface area (TPSA) is 38.9 Å². The van der Waals surface area contributed by atoms with Crippen molar-refractivity contribution in [2.45, 2.75) is 32.2 Å². The van der Waals surface area contributed by atoms with Crippen LogP contribution in [0.1, 0.15) is 43.1 Å². The lowest BCUT2D eigenvalue weighted by Gasteiger charge is -2.15. The van der Waals surface area contributed by atoms with Crippen molar-refractivity contribution in [1.29, 1.82) is 0 Å². The number of hydrogen-bond donors (Lipinski definition) is 1. The highest BCUT2D eigenvalue weighted by atomic mass is 32.1. The number of aromatic nitrogens is 1. The molecule has 0 aliphatic heterocycles. The Morgan fingerprint density at radius 3 is 2.53 bits per heavy atom. The predicted molar refractivity (Wildman–Crippen MR) is 73.2 cm³/mol. The summed E-state index contributed by atoms with van der Waals surface area (Å²) in [7, 11) is 0. The van der Waals surface area contributed by atoms with Gasteiger partial charge in [0.2, 0.25) is 0 Å². The smallest absolute Gasteiger partial charge is 0.164 e. The molecule has 0 saturated carbocycles. The van der Waals surface area contributed by atoms with Gasteiger partial charge in [-0.3, -0.25) is 0 Å². The molecule has 102 valence electrons. The van der Waals surface area contributed by atoms with Crippen molar-refractivity contribution in [1.82, 2.24) is 4.98 Å². The molecule has 0 spiro atoms. The van der Waals surface area contributed by atoms with Gasteiger partial charge in [-0.15, -0.1) is 11.3 Å². The van der Waals surface area contributed by atoms with Gasteiger partial charge in [0.25, 0.3) is 0 Å². The number of nitrogens with two attached hydrogens (primary N) is 1. The third-order valence-electron chi connectivity index (χ3n) is 2.87. The van der Waals surface area contributed by atoms with Crippen molar-refractivity contribution >= 4 is 11.3 Å². The lowest BCUT2D eigenvalue weighted by molar-refractivity contribution is 0.494. The van der Waals surface area contributed by atoms with Crippen LogP contribution in [0.3, 0.4) is 0 Å².